The van der Waals surface area contributed by atoms with Crippen LogP contribution in [0.5, 0.6) is 0 Å². The average molecular weight is 420 g/mol. The van der Waals surface area contributed by atoms with Gasteiger partial charge in [0.25, 0.3) is 5.89 Å². The zero-order chi connectivity index (χ0) is 22.0. The summed E-state index contributed by atoms with van der Waals surface area (Å²) in [5, 5.41) is 8.06. The summed E-state index contributed by atoms with van der Waals surface area (Å²) in [4.78, 5) is 25.1. The monoisotopic (exact) mass is 420 g/mol. The van der Waals surface area contributed by atoms with E-state index in [0.29, 0.717) is 12.4 Å². The van der Waals surface area contributed by atoms with Gasteiger partial charge in [-0.1, -0.05) is 29.8 Å². The van der Waals surface area contributed by atoms with Crippen LogP contribution in [-0.2, 0) is 22.6 Å². The normalized spacial score (nSPS) is 12.2. The Hall–Kier alpha value is -3.68. The zero-order valence-corrected chi connectivity index (χ0v) is 17.7. The number of aryl methyl sites for hydroxylation is 3. The fourth-order valence-electron chi connectivity index (χ4n) is 3.60. The van der Waals surface area contributed by atoms with E-state index in [0.717, 1.165) is 22.2 Å². The molecule has 160 valence electrons. The van der Waals surface area contributed by atoms with Gasteiger partial charge in [0, 0.05) is 18.7 Å². The second-order valence-corrected chi connectivity index (χ2v) is 7.36. The summed E-state index contributed by atoms with van der Waals surface area (Å²) in [5.41, 5.74) is 3.41. The Morgan fingerprint density at radius 3 is 2.55 bits per heavy atom. The molecule has 31 heavy (non-hydrogen) atoms. The quantitative estimate of drug-likeness (QED) is 0.421. The van der Waals surface area contributed by atoms with Gasteiger partial charge in [0.15, 0.2) is 6.10 Å². The lowest BCUT2D eigenvalue weighted by molar-refractivity contribution is -0.149. The molecule has 0 bridgehead atoms. The van der Waals surface area contributed by atoms with E-state index < -0.39 is 12.1 Å². The Morgan fingerprint density at radius 1 is 1.10 bits per heavy atom. The van der Waals surface area contributed by atoms with Gasteiger partial charge in [-0.15, -0.1) is 10.2 Å². The number of fused-ring (bicyclic) bond motifs is 1. The second-order valence-electron chi connectivity index (χ2n) is 7.36. The van der Waals surface area contributed by atoms with E-state index >= 15 is 0 Å². The molecule has 0 saturated carbocycles. The van der Waals surface area contributed by atoms with E-state index in [2.05, 4.69) is 10.2 Å². The van der Waals surface area contributed by atoms with Crippen LogP contribution in [0.3, 0.4) is 0 Å². The maximum absolute atomic E-state index is 12.7. The second kappa shape index (κ2) is 8.59. The molecule has 4 rings (SSSR count). The van der Waals surface area contributed by atoms with Crippen molar-refractivity contribution in [2.45, 2.75) is 46.4 Å². The van der Waals surface area contributed by atoms with E-state index in [9.17, 15) is 9.59 Å². The summed E-state index contributed by atoms with van der Waals surface area (Å²) in [5.74, 6) is 0.160. The minimum Gasteiger partial charge on any atom is -0.453 e. The Kier molecular flexibility index (Phi) is 5.70. The molecule has 0 amide bonds. The van der Waals surface area contributed by atoms with Crippen LogP contribution in [0.25, 0.3) is 22.5 Å². The highest BCUT2D eigenvalue weighted by Crippen LogP contribution is 2.23. The van der Waals surface area contributed by atoms with Crippen molar-refractivity contribution in [1.29, 1.82) is 0 Å². The van der Waals surface area contributed by atoms with Gasteiger partial charge < -0.3 is 9.15 Å². The molecule has 1 atom stereocenters. The van der Waals surface area contributed by atoms with Crippen LogP contribution in [0.15, 0.2) is 57.7 Å². The van der Waals surface area contributed by atoms with E-state index in [1.165, 1.54) is 0 Å². The maximum Gasteiger partial charge on any atom is 0.329 e. The lowest BCUT2D eigenvalue weighted by Gasteiger charge is -2.09. The minimum absolute atomic E-state index is 0.0564. The first-order valence-corrected chi connectivity index (χ1v) is 10.3. The van der Waals surface area contributed by atoms with Crippen molar-refractivity contribution in [3.63, 3.8) is 0 Å². The number of esters is 1. The molecule has 0 aliphatic rings. The maximum atomic E-state index is 12.7. The predicted molar refractivity (Wildman–Crippen MR) is 115 cm³/mol. The van der Waals surface area contributed by atoms with E-state index in [-0.39, 0.29) is 24.5 Å². The Labute approximate surface area is 179 Å². The smallest absolute Gasteiger partial charge is 0.329 e. The summed E-state index contributed by atoms with van der Waals surface area (Å²) in [6.07, 6.45) is -0.631. The third kappa shape index (κ3) is 4.14. The number of carbonyl (C=O) groups excluding carboxylic acids is 1. The van der Waals surface area contributed by atoms with Crippen molar-refractivity contribution in [1.82, 2.24) is 19.3 Å². The van der Waals surface area contributed by atoms with Crippen LogP contribution >= 0.6 is 0 Å². The van der Waals surface area contributed by atoms with Crippen molar-refractivity contribution < 1.29 is 13.9 Å². The predicted octanol–water partition coefficient (Wildman–Crippen LogP) is 3.88. The zero-order valence-electron chi connectivity index (χ0n) is 17.7. The highest BCUT2D eigenvalue weighted by atomic mass is 16.6. The average Bonchev–Trinajstić information content (AvgIpc) is 3.35. The van der Waals surface area contributed by atoms with Gasteiger partial charge in [0.2, 0.25) is 5.89 Å². The molecule has 0 saturated heterocycles. The number of rotatable bonds is 7. The molecule has 0 fully saturated rings. The highest BCUT2D eigenvalue weighted by molar-refractivity contribution is 5.76. The Bertz CT molecular complexity index is 1280. The molecule has 4 aromatic rings. The van der Waals surface area contributed by atoms with Crippen LogP contribution in [0.2, 0.25) is 0 Å². The summed E-state index contributed by atoms with van der Waals surface area (Å²) in [6.45, 7) is 6.38. The topological polar surface area (TPSA) is 92.2 Å². The van der Waals surface area contributed by atoms with Crippen molar-refractivity contribution in [3.8, 4) is 11.5 Å². The third-order valence-corrected chi connectivity index (χ3v) is 5.14. The standard InChI is InChI=1S/C23H24N4O4/c1-4-26-18-10-5-6-11-19(18)27(23(26)29)13-12-20(28)30-16(3)21-24-25-22(31-21)17-9-7-8-15(2)14-17/h5-11,14,16H,4,12-13H2,1-3H3/t16-/m0/s1. The summed E-state index contributed by atoms with van der Waals surface area (Å²) >= 11 is 0. The molecule has 0 radical (unpaired) electrons. The van der Waals surface area contributed by atoms with E-state index in [4.69, 9.17) is 9.15 Å². The number of hydrogen-bond donors (Lipinski definition) is 0. The number of imidazole rings is 1. The van der Waals surface area contributed by atoms with Gasteiger partial charge >= 0.3 is 11.7 Å². The number of benzene rings is 2. The SMILES string of the molecule is CCn1c(=O)n(CCC(=O)O[C@@H](C)c2nnc(-c3cccc(C)c3)o2)c2ccccc21. The number of hydrogen-bond acceptors (Lipinski definition) is 6. The van der Waals surface area contributed by atoms with Crippen LogP contribution in [0.4, 0.5) is 0 Å². The van der Waals surface area contributed by atoms with Crippen LogP contribution in [0, 0.1) is 6.92 Å². The molecule has 0 aliphatic carbocycles. The molecule has 0 spiro atoms. The molecule has 2 heterocycles. The van der Waals surface area contributed by atoms with Gasteiger partial charge in [0.1, 0.15) is 0 Å². The van der Waals surface area contributed by atoms with Crippen LogP contribution in [0.1, 0.15) is 37.8 Å². The molecular weight excluding hydrogens is 396 g/mol. The lowest BCUT2D eigenvalue weighted by atomic mass is 10.1. The van der Waals surface area contributed by atoms with Gasteiger partial charge in [-0.2, -0.15) is 0 Å². The van der Waals surface area contributed by atoms with Crippen LogP contribution in [-0.4, -0.2) is 25.3 Å². The van der Waals surface area contributed by atoms with E-state index in [1.54, 1.807) is 16.1 Å². The number of ether oxygens (including phenoxy) is 1. The lowest BCUT2D eigenvalue weighted by Crippen LogP contribution is -2.25. The first kappa shape index (κ1) is 20.6. The van der Waals surface area contributed by atoms with Gasteiger partial charge in [-0.3, -0.25) is 13.9 Å². The number of para-hydroxylation sites is 2. The van der Waals surface area contributed by atoms with E-state index in [1.807, 2.05) is 62.4 Å². The molecule has 8 heteroatoms. The van der Waals surface area contributed by atoms with Crippen molar-refractivity contribution >= 4 is 17.0 Å². The van der Waals surface area contributed by atoms with Gasteiger partial charge in [0.05, 0.1) is 17.5 Å². The van der Waals surface area contributed by atoms with Gasteiger partial charge in [-0.25, -0.2) is 4.79 Å². The number of carbonyl (C=O) groups is 1. The molecule has 0 unspecified atom stereocenters. The summed E-state index contributed by atoms with van der Waals surface area (Å²) < 4.78 is 14.4. The van der Waals surface area contributed by atoms with Crippen LogP contribution < -0.4 is 5.69 Å². The minimum atomic E-state index is -0.688. The molecule has 2 aromatic heterocycles. The molecule has 8 nitrogen and oxygen atoms in total. The molecule has 0 N–H and O–H groups in total. The van der Waals surface area contributed by atoms with Crippen molar-refractivity contribution in [3.05, 3.63) is 70.5 Å². The highest BCUT2D eigenvalue weighted by Gasteiger charge is 2.20. The fraction of sp³-hybridized carbons (Fsp3) is 0.304. The number of aromatic nitrogens is 4. The fourth-order valence-corrected chi connectivity index (χ4v) is 3.60. The third-order valence-electron chi connectivity index (χ3n) is 5.14. The first-order chi connectivity index (χ1) is 15.0. The van der Waals surface area contributed by atoms with Crippen molar-refractivity contribution in [2.75, 3.05) is 0 Å². The Balaban J connectivity index is 1.43. The van der Waals surface area contributed by atoms with Gasteiger partial charge in [-0.05, 0) is 45.0 Å². The summed E-state index contributed by atoms with van der Waals surface area (Å²) in [6, 6.07) is 15.3. The molecular formula is C23H24N4O4. The molecule has 0 aliphatic heterocycles. The number of nitrogens with zero attached hydrogens (tertiary/aromatic N) is 4. The Morgan fingerprint density at radius 2 is 1.84 bits per heavy atom. The summed E-state index contributed by atoms with van der Waals surface area (Å²) in [7, 11) is 0. The largest absolute Gasteiger partial charge is 0.453 e. The molecule has 2 aromatic carbocycles. The first-order valence-electron chi connectivity index (χ1n) is 10.3. The van der Waals surface area contributed by atoms with Crippen molar-refractivity contribution in [2.24, 2.45) is 0 Å².